The van der Waals surface area contributed by atoms with Gasteiger partial charge >= 0.3 is 6.09 Å². The van der Waals surface area contributed by atoms with Crippen LogP contribution in [0.2, 0.25) is 0 Å². The Labute approximate surface area is 256 Å². The van der Waals surface area contributed by atoms with Gasteiger partial charge in [-0.3, -0.25) is 4.79 Å². The number of aromatic nitrogens is 2. The molecule has 6 rings (SSSR count). The Morgan fingerprint density at radius 3 is 1.98 bits per heavy atom. The van der Waals surface area contributed by atoms with Gasteiger partial charge in [-0.15, -0.1) is 0 Å². The lowest BCUT2D eigenvalue weighted by molar-refractivity contribution is -0.121. The molecule has 224 valence electrons. The van der Waals surface area contributed by atoms with E-state index in [1.807, 2.05) is 91.3 Å². The van der Waals surface area contributed by atoms with Gasteiger partial charge in [-0.25, -0.2) is 9.48 Å². The number of hydrogen-bond acceptors (Lipinski definition) is 4. The molecule has 4 aromatic carbocycles. The Kier molecular flexibility index (Phi) is 8.07. The molecular formula is C36H36N4O4. The highest BCUT2D eigenvalue weighted by Gasteiger charge is 2.41. The van der Waals surface area contributed by atoms with Crippen LogP contribution in [0.25, 0.3) is 10.9 Å². The predicted molar refractivity (Wildman–Crippen MR) is 171 cm³/mol. The third kappa shape index (κ3) is 5.39. The summed E-state index contributed by atoms with van der Waals surface area (Å²) in [6.07, 6.45) is 0.191. The zero-order chi connectivity index (χ0) is 30.7. The first kappa shape index (κ1) is 29.0. The minimum atomic E-state index is -1.01. The molecule has 1 atom stereocenters. The maximum Gasteiger partial charge on any atom is 0.407 e. The molecule has 0 aliphatic carbocycles. The van der Waals surface area contributed by atoms with Crippen LogP contribution in [0.3, 0.4) is 0 Å². The van der Waals surface area contributed by atoms with Crippen molar-refractivity contribution in [3.63, 3.8) is 0 Å². The minimum Gasteiger partial charge on any atom is -0.491 e. The van der Waals surface area contributed by atoms with Crippen LogP contribution < -0.4 is 10.1 Å². The molecule has 44 heavy (non-hydrogen) atoms. The van der Waals surface area contributed by atoms with Crippen molar-refractivity contribution in [1.82, 2.24) is 14.7 Å². The summed E-state index contributed by atoms with van der Waals surface area (Å²) >= 11 is 0. The van der Waals surface area contributed by atoms with Crippen molar-refractivity contribution in [2.45, 2.75) is 38.3 Å². The number of rotatable bonds is 8. The number of nitrogens with one attached hydrogen (secondary N) is 1. The Hall–Kier alpha value is -5.11. The van der Waals surface area contributed by atoms with Gasteiger partial charge in [0.25, 0.3) is 0 Å². The number of anilines is 1. The average Bonchev–Trinajstić information content (AvgIpc) is 3.40. The number of benzene rings is 4. The van der Waals surface area contributed by atoms with Crippen molar-refractivity contribution in [3.8, 4) is 5.75 Å². The van der Waals surface area contributed by atoms with Gasteiger partial charge in [0.15, 0.2) is 5.82 Å². The average molecular weight is 589 g/mol. The lowest BCUT2D eigenvalue weighted by Crippen LogP contribution is -2.43. The van der Waals surface area contributed by atoms with Crippen LogP contribution in [0.4, 0.5) is 10.6 Å². The maximum atomic E-state index is 13.7. The molecule has 0 radical (unpaired) electrons. The quantitative estimate of drug-likeness (QED) is 0.191. The lowest BCUT2D eigenvalue weighted by atomic mass is 9.77. The van der Waals surface area contributed by atoms with Crippen molar-refractivity contribution in [2.24, 2.45) is 5.92 Å². The van der Waals surface area contributed by atoms with Gasteiger partial charge < -0.3 is 20.1 Å². The van der Waals surface area contributed by atoms with Gasteiger partial charge in [-0.05, 0) is 61.6 Å². The van der Waals surface area contributed by atoms with Gasteiger partial charge in [0.2, 0.25) is 5.91 Å². The number of carboxylic acid groups (broad SMARTS) is 1. The molecule has 0 unspecified atom stereocenters. The Bertz CT molecular complexity index is 1660. The maximum absolute atomic E-state index is 13.7. The zero-order valence-corrected chi connectivity index (χ0v) is 24.9. The van der Waals surface area contributed by atoms with Gasteiger partial charge in [0.05, 0.1) is 17.5 Å². The first-order chi connectivity index (χ1) is 21.4. The van der Waals surface area contributed by atoms with E-state index in [0.29, 0.717) is 31.0 Å². The molecule has 2 N–H and O–H groups in total. The molecule has 0 saturated carbocycles. The third-order valence-electron chi connectivity index (χ3n) is 8.22. The molecule has 1 aliphatic heterocycles. The summed E-state index contributed by atoms with van der Waals surface area (Å²) in [5.41, 5.74) is 2.93. The number of carbonyl (C=O) groups is 2. The van der Waals surface area contributed by atoms with Crippen LogP contribution in [0.5, 0.6) is 5.75 Å². The highest BCUT2D eigenvalue weighted by molar-refractivity contribution is 6.01. The smallest absolute Gasteiger partial charge is 0.407 e. The second-order valence-corrected chi connectivity index (χ2v) is 11.5. The Morgan fingerprint density at radius 2 is 1.45 bits per heavy atom. The van der Waals surface area contributed by atoms with E-state index >= 15 is 0 Å². The van der Waals surface area contributed by atoms with E-state index in [0.717, 1.165) is 27.6 Å². The number of piperidine rings is 1. The summed E-state index contributed by atoms with van der Waals surface area (Å²) in [7, 11) is 0. The van der Waals surface area contributed by atoms with Crippen LogP contribution in [0, 0.1) is 5.92 Å². The molecule has 0 spiro atoms. The van der Waals surface area contributed by atoms with Crippen LogP contribution in [0.15, 0.2) is 109 Å². The zero-order valence-electron chi connectivity index (χ0n) is 24.9. The molecule has 0 bridgehead atoms. The number of hydrogen-bond donors (Lipinski definition) is 2. The fourth-order valence-electron chi connectivity index (χ4n) is 6.28. The summed E-state index contributed by atoms with van der Waals surface area (Å²) < 4.78 is 8.07. The first-order valence-electron chi connectivity index (χ1n) is 15.0. The van der Waals surface area contributed by atoms with Crippen LogP contribution >= 0.6 is 0 Å². The van der Waals surface area contributed by atoms with Crippen LogP contribution in [-0.2, 0) is 10.3 Å². The van der Waals surface area contributed by atoms with E-state index in [2.05, 4.69) is 41.7 Å². The summed E-state index contributed by atoms with van der Waals surface area (Å²) in [4.78, 5) is 26.7. The molecule has 8 nitrogen and oxygen atoms in total. The first-order valence-corrected chi connectivity index (χ1v) is 15.0. The van der Waals surface area contributed by atoms with Crippen molar-refractivity contribution >= 4 is 28.7 Å². The van der Waals surface area contributed by atoms with Crippen LogP contribution in [-0.4, -0.2) is 51.0 Å². The van der Waals surface area contributed by atoms with E-state index < -0.39 is 17.6 Å². The molecule has 2 amide bonds. The van der Waals surface area contributed by atoms with Gasteiger partial charge in [0, 0.05) is 18.5 Å². The minimum absolute atomic E-state index is 0.0400. The van der Waals surface area contributed by atoms with Crippen molar-refractivity contribution in [1.29, 1.82) is 0 Å². The Morgan fingerprint density at radius 1 is 0.886 bits per heavy atom. The van der Waals surface area contributed by atoms with E-state index in [1.165, 1.54) is 4.90 Å². The van der Waals surface area contributed by atoms with E-state index in [4.69, 9.17) is 9.84 Å². The molecule has 1 aromatic heterocycles. The van der Waals surface area contributed by atoms with Gasteiger partial charge in [0.1, 0.15) is 11.3 Å². The third-order valence-corrected chi connectivity index (χ3v) is 8.22. The van der Waals surface area contributed by atoms with Gasteiger partial charge in [-0.1, -0.05) is 91.0 Å². The molecular weight excluding hydrogens is 552 g/mol. The summed E-state index contributed by atoms with van der Waals surface area (Å²) in [5, 5.41) is 18.6. The fourth-order valence-corrected chi connectivity index (χ4v) is 6.28. The number of amides is 2. The number of carbonyl (C=O) groups excluding carboxylic acids is 1. The monoisotopic (exact) mass is 588 g/mol. The number of ether oxygens (including phenoxy) is 1. The highest BCUT2D eigenvalue weighted by atomic mass is 16.5. The largest absolute Gasteiger partial charge is 0.491 e. The van der Waals surface area contributed by atoms with E-state index in [9.17, 15) is 14.7 Å². The van der Waals surface area contributed by atoms with Gasteiger partial charge in [-0.2, -0.15) is 5.10 Å². The summed E-state index contributed by atoms with van der Waals surface area (Å²) in [5.74, 6) is 0.348. The molecule has 1 fully saturated rings. The van der Waals surface area contributed by atoms with Crippen molar-refractivity contribution in [2.75, 3.05) is 18.4 Å². The number of likely N-dealkylation sites (tertiary alicyclic amines) is 1. The van der Waals surface area contributed by atoms with E-state index in [-0.39, 0.29) is 18.6 Å². The Balaban J connectivity index is 1.58. The second kappa shape index (κ2) is 12.2. The molecule has 1 saturated heterocycles. The normalized spacial score (nSPS) is 15.3. The molecule has 5 aromatic rings. The topological polar surface area (TPSA) is 96.7 Å². The molecule has 8 heteroatoms. The van der Waals surface area contributed by atoms with E-state index in [1.54, 1.807) is 0 Å². The predicted octanol–water partition coefficient (Wildman–Crippen LogP) is 6.99. The highest BCUT2D eigenvalue weighted by Crippen LogP contribution is 2.44. The molecule has 2 heterocycles. The number of fused-ring (bicyclic) bond motifs is 1. The lowest BCUT2D eigenvalue weighted by Gasteiger charge is -2.37. The van der Waals surface area contributed by atoms with Crippen molar-refractivity contribution in [3.05, 3.63) is 126 Å². The molecule has 1 aliphatic rings. The SMILES string of the molecule is CC(C)Oc1ccc2c(c1)c(NC(=O)[C@@H]1CCCN(C(=O)O)C1)nn2C(c1ccccc1)(c1ccccc1)c1ccccc1. The fraction of sp³-hybridized carbons (Fsp3) is 0.250. The summed E-state index contributed by atoms with van der Waals surface area (Å²) in [6, 6.07) is 36.6. The number of nitrogens with zero attached hydrogens (tertiary/aromatic N) is 3. The summed E-state index contributed by atoms with van der Waals surface area (Å²) in [6.45, 7) is 4.53. The van der Waals surface area contributed by atoms with Crippen molar-refractivity contribution < 1.29 is 19.4 Å². The standard InChI is InChI=1S/C36H36N4O4/c1-25(2)44-30-20-21-32-31(23-30)33(37-34(41)26-13-12-22-39(24-26)35(42)43)38-40(32)36(27-14-6-3-7-15-27,28-16-8-4-9-17-28)29-18-10-5-11-19-29/h3-11,14-21,23,25-26H,12-13,22,24H2,1-2H3,(H,42,43)(H,37,38,41)/t26-/m1/s1. The van der Waals surface area contributed by atoms with Crippen LogP contribution in [0.1, 0.15) is 43.4 Å². The second-order valence-electron chi connectivity index (χ2n) is 11.5.